The van der Waals surface area contributed by atoms with Crippen LogP contribution in [0.15, 0.2) is 16.9 Å². The van der Waals surface area contributed by atoms with Gasteiger partial charge in [0.15, 0.2) is 0 Å². The molecule has 1 heterocycles. The minimum atomic E-state index is -1.78. The summed E-state index contributed by atoms with van der Waals surface area (Å²) < 4.78 is 27.4. The number of pyridine rings is 1. The normalized spacial score (nSPS) is 10.6. The highest BCUT2D eigenvalue weighted by atomic mass is 127. The third-order valence-corrected chi connectivity index (χ3v) is 3.78. The number of H-pyrrole nitrogens is 1. The summed E-state index contributed by atoms with van der Waals surface area (Å²) in [5.41, 5.74) is 1.16. The number of carboxylic acid groups (broad SMARTS) is 2. The van der Waals surface area contributed by atoms with Crippen LogP contribution >= 0.6 is 22.6 Å². The van der Waals surface area contributed by atoms with Crippen LogP contribution in [0, 0.1) is 15.2 Å². The average Bonchev–Trinajstić information content (AvgIpc) is 2.40. The molecule has 0 aliphatic rings. The van der Waals surface area contributed by atoms with Gasteiger partial charge in [0, 0.05) is 20.8 Å². The highest BCUT2D eigenvalue weighted by Gasteiger charge is 2.28. The number of rotatable bonds is 3. The summed E-state index contributed by atoms with van der Waals surface area (Å²) in [5, 5.41) is 18.4. The quantitative estimate of drug-likeness (QED) is 0.429. The van der Waals surface area contributed by atoms with Crippen LogP contribution in [0.4, 0.5) is 14.6 Å². The molecule has 0 atom stereocenters. The second kappa shape index (κ2) is 5.95. The number of benzene rings is 1. The Bertz CT molecular complexity index is 910. The number of aromatic nitrogens is 1. The smallest absolute Gasteiger partial charge is 0.342 e. The molecule has 0 radical (unpaired) electrons. The maximum Gasteiger partial charge on any atom is 0.342 e. The van der Waals surface area contributed by atoms with Crippen molar-refractivity contribution in [1.82, 2.24) is 4.98 Å². The second-order valence-corrected chi connectivity index (χ2v) is 5.51. The first kappa shape index (κ1) is 16.9. The van der Waals surface area contributed by atoms with E-state index in [2.05, 4.69) is 0 Å². The number of aromatic carboxylic acids is 2. The van der Waals surface area contributed by atoms with Crippen molar-refractivity contribution in [3.63, 3.8) is 0 Å². The zero-order chi connectivity index (χ0) is 17.5. The molecule has 0 aliphatic heterocycles. The Kier molecular flexibility index (Phi) is 4.36. The Hall–Kier alpha value is -2.50. The summed E-state index contributed by atoms with van der Waals surface area (Å²) in [6, 6.07) is 1.37. The number of carbonyl (C=O) groups is 2. The number of carboxylic acids is 2. The molecule has 0 saturated carbocycles. The highest BCUT2D eigenvalue weighted by molar-refractivity contribution is 14.1. The molecule has 7 nitrogen and oxygen atoms in total. The first-order valence-electron chi connectivity index (χ1n) is 5.82. The SMILES string of the molecule is Nc1[nH]c(=O)c(C(=O)O)c(-c2cc(I)c(F)cc2F)c1C(=O)O. The van der Waals surface area contributed by atoms with E-state index in [-0.39, 0.29) is 3.57 Å². The fourth-order valence-electron chi connectivity index (χ4n) is 2.03. The molecule has 2 aromatic rings. The molecule has 0 aliphatic carbocycles. The lowest BCUT2D eigenvalue weighted by Crippen LogP contribution is -2.24. The number of hydrogen-bond donors (Lipinski definition) is 4. The van der Waals surface area contributed by atoms with E-state index in [1.54, 1.807) is 0 Å². The van der Waals surface area contributed by atoms with Crippen molar-refractivity contribution in [2.45, 2.75) is 0 Å². The lowest BCUT2D eigenvalue weighted by Gasteiger charge is -2.13. The van der Waals surface area contributed by atoms with Gasteiger partial charge >= 0.3 is 11.9 Å². The van der Waals surface area contributed by atoms with Gasteiger partial charge < -0.3 is 20.9 Å². The van der Waals surface area contributed by atoms with Gasteiger partial charge in [0.25, 0.3) is 5.56 Å². The van der Waals surface area contributed by atoms with Crippen molar-refractivity contribution in [2.75, 3.05) is 5.73 Å². The number of halogens is 3. The van der Waals surface area contributed by atoms with Crippen LogP contribution in [0.5, 0.6) is 0 Å². The Labute approximate surface area is 139 Å². The van der Waals surface area contributed by atoms with Crippen LogP contribution in [-0.2, 0) is 0 Å². The maximum absolute atomic E-state index is 14.1. The van der Waals surface area contributed by atoms with Crippen LogP contribution in [0.1, 0.15) is 20.7 Å². The van der Waals surface area contributed by atoms with Crippen LogP contribution in [0.25, 0.3) is 11.1 Å². The van der Waals surface area contributed by atoms with Gasteiger partial charge in [0.1, 0.15) is 28.6 Å². The lowest BCUT2D eigenvalue weighted by atomic mass is 9.95. The first-order valence-corrected chi connectivity index (χ1v) is 6.90. The van der Waals surface area contributed by atoms with Crippen molar-refractivity contribution >= 4 is 40.3 Å². The number of anilines is 1. The van der Waals surface area contributed by atoms with Crippen LogP contribution in [0.3, 0.4) is 0 Å². The minimum absolute atomic E-state index is 0.0921. The summed E-state index contributed by atoms with van der Waals surface area (Å²) in [7, 11) is 0. The highest BCUT2D eigenvalue weighted by Crippen LogP contribution is 2.33. The largest absolute Gasteiger partial charge is 0.478 e. The zero-order valence-corrected chi connectivity index (χ0v) is 13.1. The van der Waals surface area contributed by atoms with Gasteiger partial charge in [0.2, 0.25) is 0 Å². The molecule has 2 rings (SSSR count). The molecule has 0 bridgehead atoms. The van der Waals surface area contributed by atoms with E-state index in [1.807, 2.05) is 4.98 Å². The standard InChI is InChI=1S/C13H7F2IN2O5/c14-4-2-5(15)6(16)1-3(4)7-8(12(20)21)10(17)18-11(19)9(7)13(22)23/h1-2H,(H,20,21)(H,22,23)(H3,17,18,19). The third-order valence-electron chi connectivity index (χ3n) is 2.95. The van der Waals surface area contributed by atoms with Gasteiger partial charge in [-0.1, -0.05) is 0 Å². The van der Waals surface area contributed by atoms with E-state index >= 15 is 0 Å². The molecule has 0 amide bonds. The van der Waals surface area contributed by atoms with E-state index < -0.39 is 57.2 Å². The summed E-state index contributed by atoms with van der Waals surface area (Å²) >= 11 is 1.52. The molecule has 10 heteroatoms. The molecule has 1 aromatic heterocycles. The van der Waals surface area contributed by atoms with Crippen molar-refractivity contribution in [1.29, 1.82) is 0 Å². The molecule has 1 aromatic carbocycles. The Morgan fingerprint density at radius 3 is 2.17 bits per heavy atom. The van der Waals surface area contributed by atoms with Gasteiger partial charge in [-0.25, -0.2) is 18.4 Å². The van der Waals surface area contributed by atoms with E-state index in [4.69, 9.17) is 10.8 Å². The fraction of sp³-hybridized carbons (Fsp3) is 0. The Morgan fingerprint density at radius 2 is 1.65 bits per heavy atom. The third kappa shape index (κ3) is 2.88. The van der Waals surface area contributed by atoms with Crippen molar-refractivity contribution in [3.8, 4) is 11.1 Å². The van der Waals surface area contributed by atoms with Gasteiger partial charge in [-0.05, 0) is 28.7 Å². The van der Waals surface area contributed by atoms with E-state index in [9.17, 15) is 28.3 Å². The molecule has 0 saturated heterocycles. The molecular formula is C13H7F2IN2O5. The van der Waals surface area contributed by atoms with Gasteiger partial charge in [-0.15, -0.1) is 0 Å². The van der Waals surface area contributed by atoms with Gasteiger partial charge in [-0.3, -0.25) is 4.79 Å². The number of nitrogens with one attached hydrogen (secondary N) is 1. The molecular weight excluding hydrogens is 429 g/mol. The maximum atomic E-state index is 14.1. The average molecular weight is 436 g/mol. The summed E-state index contributed by atoms with van der Waals surface area (Å²) in [4.78, 5) is 36.4. The minimum Gasteiger partial charge on any atom is -0.478 e. The Morgan fingerprint density at radius 1 is 1.09 bits per heavy atom. The first-order chi connectivity index (χ1) is 10.6. The van der Waals surface area contributed by atoms with Crippen LogP contribution in [0.2, 0.25) is 0 Å². The molecule has 5 N–H and O–H groups in total. The monoisotopic (exact) mass is 436 g/mol. The van der Waals surface area contributed by atoms with Crippen molar-refractivity contribution in [2.24, 2.45) is 0 Å². The number of hydrogen-bond acceptors (Lipinski definition) is 4. The van der Waals surface area contributed by atoms with Gasteiger partial charge in [-0.2, -0.15) is 0 Å². The summed E-state index contributed by atoms with van der Waals surface area (Å²) in [6.45, 7) is 0. The van der Waals surface area contributed by atoms with E-state index in [0.717, 1.165) is 6.07 Å². The second-order valence-electron chi connectivity index (χ2n) is 4.35. The number of nitrogens with two attached hydrogens (primary N) is 1. The van der Waals surface area contributed by atoms with E-state index in [0.29, 0.717) is 6.07 Å². The fourth-order valence-corrected chi connectivity index (χ4v) is 2.50. The Balaban J connectivity index is 3.06. The topological polar surface area (TPSA) is 133 Å². The summed E-state index contributed by atoms with van der Waals surface area (Å²) in [6.07, 6.45) is 0. The lowest BCUT2D eigenvalue weighted by molar-refractivity contribution is 0.0695. The molecule has 0 spiro atoms. The summed E-state index contributed by atoms with van der Waals surface area (Å²) in [5.74, 6) is -6.23. The van der Waals surface area contributed by atoms with E-state index in [1.165, 1.54) is 22.6 Å². The number of nitrogen functional groups attached to an aromatic ring is 1. The zero-order valence-electron chi connectivity index (χ0n) is 11.0. The molecule has 0 fully saturated rings. The predicted molar refractivity (Wildman–Crippen MR) is 83.5 cm³/mol. The van der Waals surface area contributed by atoms with Crippen LogP contribution in [-0.4, -0.2) is 27.1 Å². The number of aromatic amines is 1. The van der Waals surface area contributed by atoms with Crippen molar-refractivity contribution < 1.29 is 28.6 Å². The van der Waals surface area contributed by atoms with Crippen LogP contribution < -0.4 is 11.3 Å². The van der Waals surface area contributed by atoms with Gasteiger partial charge in [0.05, 0.1) is 0 Å². The molecule has 23 heavy (non-hydrogen) atoms. The van der Waals surface area contributed by atoms with Crippen molar-refractivity contribution in [3.05, 3.63) is 48.8 Å². The molecule has 0 unspecified atom stereocenters. The predicted octanol–water partition coefficient (Wildman–Crippen LogP) is 1.90. The molecule has 120 valence electrons.